The highest BCUT2D eigenvalue weighted by Gasteiger charge is 2.25. The van der Waals surface area contributed by atoms with Crippen LogP contribution in [0.15, 0.2) is 33.9 Å². The number of aromatic amines is 1. The zero-order chi connectivity index (χ0) is 19.6. The van der Waals surface area contributed by atoms with Crippen molar-refractivity contribution in [3.05, 3.63) is 56.4 Å². The molecule has 1 fully saturated rings. The van der Waals surface area contributed by atoms with Gasteiger partial charge in [0.2, 0.25) is 5.95 Å². The third-order valence-corrected chi connectivity index (χ3v) is 5.35. The molecule has 7 heteroatoms. The van der Waals surface area contributed by atoms with E-state index in [1.165, 1.54) is 4.57 Å². The fourth-order valence-electron chi connectivity index (χ4n) is 3.70. The Hall–Kier alpha value is -2.41. The molecule has 146 valence electrons. The fraction of sp³-hybridized carbons (Fsp3) is 0.550. The number of likely N-dealkylation sites (tertiary alicyclic amines) is 1. The second kappa shape index (κ2) is 8.08. The zero-order valence-electron chi connectivity index (χ0n) is 16.5. The molecule has 0 spiro atoms. The molecule has 3 rings (SSSR count). The molecule has 0 unspecified atom stereocenters. The Morgan fingerprint density at radius 3 is 2.48 bits per heavy atom. The number of benzene rings is 1. The van der Waals surface area contributed by atoms with Crippen molar-refractivity contribution in [3.63, 3.8) is 0 Å². The zero-order valence-corrected chi connectivity index (χ0v) is 16.5. The molecule has 2 N–H and O–H groups in total. The molecule has 1 aliphatic rings. The van der Waals surface area contributed by atoms with Gasteiger partial charge in [-0.3, -0.25) is 4.98 Å². The van der Waals surface area contributed by atoms with Gasteiger partial charge in [0.05, 0.1) is 6.04 Å². The fourth-order valence-corrected chi connectivity index (χ4v) is 3.70. The number of nitrogens with one attached hydrogen (secondary N) is 2. The molecule has 1 saturated heterocycles. The first-order chi connectivity index (χ1) is 12.8. The van der Waals surface area contributed by atoms with Crippen molar-refractivity contribution < 1.29 is 0 Å². The second-order valence-corrected chi connectivity index (χ2v) is 7.68. The number of rotatable bonds is 5. The van der Waals surface area contributed by atoms with Crippen LogP contribution in [-0.4, -0.2) is 38.6 Å². The molecule has 1 aromatic carbocycles. The number of H-pyrrole nitrogens is 1. The quantitative estimate of drug-likeness (QED) is 0.844. The lowest BCUT2D eigenvalue weighted by Gasteiger charge is -2.34. The Labute approximate surface area is 159 Å². The molecule has 27 heavy (non-hydrogen) atoms. The first-order valence-corrected chi connectivity index (χ1v) is 9.65. The number of anilines is 1. The Balaban J connectivity index is 1.76. The Morgan fingerprint density at radius 2 is 1.89 bits per heavy atom. The van der Waals surface area contributed by atoms with E-state index in [9.17, 15) is 9.59 Å². The lowest BCUT2D eigenvalue weighted by Crippen LogP contribution is -2.46. The van der Waals surface area contributed by atoms with Crippen molar-refractivity contribution >= 4 is 5.95 Å². The van der Waals surface area contributed by atoms with Crippen LogP contribution in [0.1, 0.15) is 56.8 Å². The predicted molar refractivity (Wildman–Crippen MR) is 107 cm³/mol. The second-order valence-electron chi connectivity index (χ2n) is 7.68. The molecule has 7 nitrogen and oxygen atoms in total. The van der Waals surface area contributed by atoms with Gasteiger partial charge in [0.25, 0.3) is 0 Å². The molecule has 1 aromatic heterocycles. The molecule has 1 aliphatic heterocycles. The van der Waals surface area contributed by atoms with Crippen LogP contribution in [0.5, 0.6) is 0 Å². The van der Waals surface area contributed by atoms with Crippen LogP contribution in [0, 0.1) is 6.92 Å². The van der Waals surface area contributed by atoms with Crippen molar-refractivity contribution in [2.75, 3.05) is 18.4 Å². The largest absolute Gasteiger partial charge is 0.355 e. The highest BCUT2D eigenvalue weighted by Crippen LogP contribution is 2.21. The summed E-state index contributed by atoms with van der Waals surface area (Å²) in [4.78, 5) is 34.3. The van der Waals surface area contributed by atoms with Gasteiger partial charge in [0.1, 0.15) is 0 Å². The third kappa shape index (κ3) is 4.47. The van der Waals surface area contributed by atoms with Crippen molar-refractivity contribution in [2.24, 2.45) is 0 Å². The molecule has 1 atom stereocenters. The number of nitrogens with zero attached hydrogens (tertiary/aromatic N) is 3. The summed E-state index contributed by atoms with van der Waals surface area (Å²) >= 11 is 0. The van der Waals surface area contributed by atoms with Gasteiger partial charge in [-0.15, -0.1) is 0 Å². The van der Waals surface area contributed by atoms with Crippen LogP contribution in [0.3, 0.4) is 0 Å². The van der Waals surface area contributed by atoms with E-state index in [2.05, 4.69) is 40.1 Å². The van der Waals surface area contributed by atoms with Gasteiger partial charge in [0.15, 0.2) is 0 Å². The van der Waals surface area contributed by atoms with Gasteiger partial charge < -0.3 is 10.2 Å². The maximum absolute atomic E-state index is 12.6. The minimum Gasteiger partial charge on any atom is -0.349 e. The standard InChI is InChI=1S/C20H29N5O2/c1-13(2)24-10-8-17(9-11-24)25-19(26)22-18(23-20(25)27)21-15(4)16-7-5-6-14(3)12-16/h5-7,12-13,15,17H,8-11H2,1-4H3,(H2,21,22,23,26,27)/t15-/m0/s1. The minimum atomic E-state index is -0.485. The van der Waals surface area contributed by atoms with E-state index in [4.69, 9.17) is 0 Å². The highest BCUT2D eigenvalue weighted by molar-refractivity contribution is 5.32. The van der Waals surface area contributed by atoms with Gasteiger partial charge in [-0.2, -0.15) is 4.98 Å². The number of aromatic nitrogens is 3. The van der Waals surface area contributed by atoms with Crippen LogP contribution in [0.2, 0.25) is 0 Å². The van der Waals surface area contributed by atoms with E-state index in [-0.39, 0.29) is 18.0 Å². The number of hydrogen-bond donors (Lipinski definition) is 2. The molecule has 2 heterocycles. The maximum atomic E-state index is 12.6. The number of hydrogen-bond acceptors (Lipinski definition) is 5. The van der Waals surface area contributed by atoms with Gasteiger partial charge in [-0.05, 0) is 46.1 Å². The number of aryl methyl sites for hydroxylation is 1. The van der Waals surface area contributed by atoms with Crippen LogP contribution in [0.4, 0.5) is 5.95 Å². The average Bonchev–Trinajstić information content (AvgIpc) is 2.61. The van der Waals surface area contributed by atoms with E-state index < -0.39 is 11.4 Å². The van der Waals surface area contributed by atoms with Gasteiger partial charge in [-0.1, -0.05) is 29.8 Å². The van der Waals surface area contributed by atoms with Crippen LogP contribution >= 0.6 is 0 Å². The summed E-state index contributed by atoms with van der Waals surface area (Å²) < 4.78 is 1.28. The summed E-state index contributed by atoms with van der Waals surface area (Å²) in [7, 11) is 0. The maximum Gasteiger partial charge on any atom is 0.355 e. The highest BCUT2D eigenvalue weighted by atomic mass is 16.2. The predicted octanol–water partition coefficient (Wildman–Crippen LogP) is 2.46. The molecule has 0 bridgehead atoms. The normalized spacial score (nSPS) is 17.2. The van der Waals surface area contributed by atoms with Crippen molar-refractivity contribution in [2.45, 2.75) is 58.7 Å². The van der Waals surface area contributed by atoms with Crippen molar-refractivity contribution in [1.82, 2.24) is 19.4 Å². The third-order valence-electron chi connectivity index (χ3n) is 5.35. The SMILES string of the molecule is Cc1cccc([C@H](C)Nc2nc(=O)n(C3CCN(C(C)C)CC3)c(=O)[nH]2)c1. The minimum absolute atomic E-state index is 0.0717. The summed E-state index contributed by atoms with van der Waals surface area (Å²) in [5, 5.41) is 3.13. The Kier molecular flexibility index (Phi) is 5.79. The Bertz CT molecular complexity index is 862. The smallest absolute Gasteiger partial charge is 0.349 e. The van der Waals surface area contributed by atoms with Gasteiger partial charge >= 0.3 is 11.4 Å². The Morgan fingerprint density at radius 1 is 1.19 bits per heavy atom. The molecule has 0 aliphatic carbocycles. The lowest BCUT2D eigenvalue weighted by atomic mass is 10.0. The van der Waals surface area contributed by atoms with E-state index in [0.29, 0.717) is 6.04 Å². The lowest BCUT2D eigenvalue weighted by molar-refractivity contribution is 0.148. The molecule has 0 amide bonds. The van der Waals surface area contributed by atoms with E-state index >= 15 is 0 Å². The molecule has 0 saturated carbocycles. The van der Waals surface area contributed by atoms with E-state index in [1.54, 1.807) is 0 Å². The number of piperidine rings is 1. The van der Waals surface area contributed by atoms with Gasteiger partial charge in [-0.25, -0.2) is 14.2 Å². The van der Waals surface area contributed by atoms with Gasteiger partial charge in [0, 0.05) is 25.2 Å². The molecule has 0 radical (unpaired) electrons. The van der Waals surface area contributed by atoms with E-state index in [0.717, 1.165) is 37.1 Å². The molecular weight excluding hydrogens is 342 g/mol. The average molecular weight is 371 g/mol. The summed E-state index contributed by atoms with van der Waals surface area (Å²) in [5.41, 5.74) is 1.35. The molecule has 2 aromatic rings. The van der Waals surface area contributed by atoms with Crippen molar-refractivity contribution in [3.8, 4) is 0 Å². The summed E-state index contributed by atoms with van der Waals surface area (Å²) in [5.74, 6) is 0.217. The monoisotopic (exact) mass is 371 g/mol. The first-order valence-electron chi connectivity index (χ1n) is 9.65. The summed E-state index contributed by atoms with van der Waals surface area (Å²) in [6.45, 7) is 10.1. The summed E-state index contributed by atoms with van der Waals surface area (Å²) in [6.07, 6.45) is 1.57. The van der Waals surface area contributed by atoms with Crippen LogP contribution in [-0.2, 0) is 0 Å². The molecular formula is C20H29N5O2. The van der Waals surface area contributed by atoms with E-state index in [1.807, 2.05) is 32.0 Å². The van der Waals surface area contributed by atoms with Crippen molar-refractivity contribution in [1.29, 1.82) is 0 Å². The summed E-state index contributed by atoms with van der Waals surface area (Å²) in [6, 6.07) is 8.41. The topological polar surface area (TPSA) is 83.0 Å². The van der Waals surface area contributed by atoms with Crippen LogP contribution in [0.25, 0.3) is 0 Å². The first kappa shape index (κ1) is 19.4. The van der Waals surface area contributed by atoms with Crippen LogP contribution < -0.4 is 16.7 Å².